The number of nitrogens with one attached hydrogen (secondary N) is 1. The van der Waals surface area contributed by atoms with Crippen molar-refractivity contribution in [2.45, 2.75) is 71.1 Å². The Kier molecular flexibility index (Phi) is 8.11. The lowest BCUT2D eigenvalue weighted by Crippen LogP contribution is -2.47. The highest BCUT2D eigenvalue weighted by Gasteiger charge is 2.36. The maximum Gasteiger partial charge on any atom is 0.250 e. The summed E-state index contributed by atoms with van der Waals surface area (Å²) in [7, 11) is 0. The Hall–Kier alpha value is -3.92. The summed E-state index contributed by atoms with van der Waals surface area (Å²) in [5.41, 5.74) is 0.699. The number of benzene rings is 1. The van der Waals surface area contributed by atoms with Gasteiger partial charge in [-0.05, 0) is 67.8 Å². The number of carbonyl (C=O) groups excluding carboxylic acids is 2. The van der Waals surface area contributed by atoms with Gasteiger partial charge in [-0.15, -0.1) is 10.2 Å². The van der Waals surface area contributed by atoms with Gasteiger partial charge in [-0.25, -0.2) is 0 Å². The third-order valence-electron chi connectivity index (χ3n) is 6.85. The zero-order valence-electron chi connectivity index (χ0n) is 22.0. The van der Waals surface area contributed by atoms with E-state index >= 15 is 0 Å². The Morgan fingerprint density at radius 2 is 1.79 bits per heavy atom. The molecule has 3 heterocycles. The van der Waals surface area contributed by atoms with E-state index in [1.54, 1.807) is 37.3 Å². The molecule has 0 bridgehead atoms. The Morgan fingerprint density at radius 3 is 2.49 bits per heavy atom. The van der Waals surface area contributed by atoms with Crippen LogP contribution >= 0.6 is 11.6 Å². The molecule has 1 aliphatic rings. The van der Waals surface area contributed by atoms with E-state index in [1.165, 1.54) is 9.70 Å². The molecule has 1 fully saturated rings. The van der Waals surface area contributed by atoms with Gasteiger partial charge in [0.05, 0.1) is 0 Å². The van der Waals surface area contributed by atoms with Crippen LogP contribution in [0, 0.1) is 13.8 Å². The first-order valence-corrected chi connectivity index (χ1v) is 13.5. The van der Waals surface area contributed by atoms with Gasteiger partial charge >= 0.3 is 0 Å². The summed E-state index contributed by atoms with van der Waals surface area (Å²) in [6, 6.07) is 13.3. The van der Waals surface area contributed by atoms with Gasteiger partial charge in [-0.3, -0.25) is 9.59 Å². The first kappa shape index (κ1) is 26.7. The quantitative estimate of drug-likeness (QED) is 0.311. The molecule has 1 saturated carbocycles. The number of aromatic nitrogens is 4. The van der Waals surface area contributed by atoms with Gasteiger partial charge in [-0.2, -0.15) is 4.80 Å². The average Bonchev–Trinajstić information content (AvgIpc) is 3.67. The van der Waals surface area contributed by atoms with Gasteiger partial charge in [0.2, 0.25) is 11.7 Å². The monoisotopic (exact) mass is 550 g/mol. The lowest BCUT2D eigenvalue weighted by atomic mass is 9.95. The van der Waals surface area contributed by atoms with Crippen molar-refractivity contribution in [2.24, 2.45) is 0 Å². The second-order valence-corrected chi connectivity index (χ2v) is 10.3. The zero-order chi connectivity index (χ0) is 27.4. The van der Waals surface area contributed by atoms with Gasteiger partial charge < -0.3 is 19.1 Å². The molecule has 1 aliphatic carbocycles. The highest BCUT2D eigenvalue weighted by Crippen LogP contribution is 2.29. The Morgan fingerprint density at radius 1 is 1.05 bits per heavy atom. The summed E-state index contributed by atoms with van der Waals surface area (Å²) in [6.07, 6.45) is 5.10. The molecule has 0 saturated heterocycles. The molecule has 0 radical (unpaired) electrons. The van der Waals surface area contributed by atoms with Crippen LogP contribution in [0.15, 0.2) is 57.4 Å². The zero-order valence-corrected chi connectivity index (χ0v) is 22.7. The molecule has 1 atom stereocenters. The molecule has 11 heteroatoms. The number of nitrogens with zero attached hydrogens (tertiary/aromatic N) is 5. The number of hydrogen-bond donors (Lipinski definition) is 1. The minimum Gasteiger partial charge on any atom is -0.464 e. The van der Waals surface area contributed by atoms with E-state index in [2.05, 4.69) is 20.7 Å². The predicted molar refractivity (Wildman–Crippen MR) is 143 cm³/mol. The van der Waals surface area contributed by atoms with Crippen LogP contribution < -0.4 is 5.32 Å². The summed E-state index contributed by atoms with van der Waals surface area (Å²) in [6.45, 7) is 3.46. The van der Waals surface area contributed by atoms with Crippen LogP contribution in [-0.2, 0) is 22.7 Å². The lowest BCUT2D eigenvalue weighted by Gasteiger charge is -2.32. The molecule has 39 heavy (non-hydrogen) atoms. The first-order chi connectivity index (χ1) is 18.9. The average molecular weight is 551 g/mol. The predicted octanol–water partition coefficient (Wildman–Crippen LogP) is 5.02. The summed E-state index contributed by atoms with van der Waals surface area (Å²) < 4.78 is 11.5. The highest BCUT2D eigenvalue weighted by atomic mass is 35.5. The maximum absolute atomic E-state index is 13.9. The second-order valence-electron chi connectivity index (χ2n) is 9.86. The topological polar surface area (TPSA) is 119 Å². The summed E-state index contributed by atoms with van der Waals surface area (Å²) in [4.78, 5) is 30.4. The van der Waals surface area contributed by atoms with E-state index in [0.717, 1.165) is 32.1 Å². The molecular formula is C28H31ClN6O4. The van der Waals surface area contributed by atoms with Crippen molar-refractivity contribution >= 4 is 23.4 Å². The standard InChI is InChI=1S/C28H31ClN6O4/c1-18-12-14-23(38-18)26(28(37)30-21-9-4-3-5-10-21)34(16-20-8-6-7-11-22(20)29)25(36)17-35-32-27(31-33-35)24-15-13-19(2)39-24/h6-8,11-15,21,26H,3-5,9-10,16-17H2,1-2H3,(H,30,37)/t26-/m1/s1. The molecule has 1 N–H and O–H groups in total. The molecule has 10 nitrogen and oxygen atoms in total. The number of rotatable bonds is 9. The molecule has 1 aromatic carbocycles. The van der Waals surface area contributed by atoms with Crippen molar-refractivity contribution in [1.82, 2.24) is 30.4 Å². The fourth-order valence-corrected chi connectivity index (χ4v) is 5.06. The molecule has 5 rings (SSSR count). The summed E-state index contributed by atoms with van der Waals surface area (Å²) >= 11 is 6.48. The summed E-state index contributed by atoms with van der Waals surface area (Å²) in [5.74, 6) is 1.75. The number of hydrogen-bond acceptors (Lipinski definition) is 7. The van der Waals surface area contributed by atoms with Gasteiger partial charge in [-0.1, -0.05) is 49.1 Å². The third-order valence-corrected chi connectivity index (χ3v) is 7.22. The van der Waals surface area contributed by atoms with Crippen LogP contribution in [0.25, 0.3) is 11.6 Å². The third kappa shape index (κ3) is 6.39. The fourth-order valence-electron chi connectivity index (χ4n) is 4.86. The smallest absolute Gasteiger partial charge is 0.250 e. The number of halogens is 1. The Balaban J connectivity index is 1.46. The van der Waals surface area contributed by atoms with Crippen LogP contribution in [0.2, 0.25) is 5.02 Å². The SMILES string of the molecule is Cc1ccc(-c2nnn(CC(=O)N(Cc3ccccc3Cl)[C@@H](C(=O)NC3CCCCC3)c3ccc(C)o3)n2)o1. The largest absolute Gasteiger partial charge is 0.464 e. The van der Waals surface area contributed by atoms with Crippen LogP contribution in [0.5, 0.6) is 0 Å². The minimum atomic E-state index is -1.01. The van der Waals surface area contributed by atoms with Gasteiger partial charge in [0.1, 0.15) is 23.8 Å². The Labute approximate surface area is 231 Å². The Bertz CT molecular complexity index is 1440. The maximum atomic E-state index is 13.9. The molecule has 3 aromatic heterocycles. The molecule has 0 unspecified atom stereocenters. The number of carbonyl (C=O) groups is 2. The molecular weight excluding hydrogens is 520 g/mol. The van der Waals surface area contributed by atoms with Crippen molar-refractivity contribution in [2.75, 3.05) is 0 Å². The molecule has 4 aromatic rings. The van der Waals surface area contributed by atoms with E-state index in [0.29, 0.717) is 33.6 Å². The minimum absolute atomic E-state index is 0.0540. The number of amides is 2. The van der Waals surface area contributed by atoms with E-state index in [-0.39, 0.29) is 30.9 Å². The van der Waals surface area contributed by atoms with Crippen molar-refractivity contribution in [1.29, 1.82) is 0 Å². The van der Waals surface area contributed by atoms with Crippen LogP contribution in [0.4, 0.5) is 0 Å². The van der Waals surface area contributed by atoms with E-state index in [9.17, 15) is 9.59 Å². The first-order valence-electron chi connectivity index (χ1n) is 13.1. The van der Waals surface area contributed by atoms with Crippen molar-refractivity contribution in [3.8, 4) is 11.6 Å². The van der Waals surface area contributed by atoms with Crippen LogP contribution in [0.3, 0.4) is 0 Å². The summed E-state index contributed by atoms with van der Waals surface area (Å²) in [5, 5.41) is 16.0. The van der Waals surface area contributed by atoms with E-state index in [4.69, 9.17) is 20.4 Å². The highest BCUT2D eigenvalue weighted by molar-refractivity contribution is 6.31. The molecule has 0 spiro atoms. The number of tetrazole rings is 1. The van der Waals surface area contributed by atoms with E-state index in [1.807, 2.05) is 25.1 Å². The van der Waals surface area contributed by atoms with Crippen molar-refractivity contribution in [3.05, 3.63) is 76.4 Å². The number of furan rings is 2. The van der Waals surface area contributed by atoms with Gasteiger partial charge in [0.25, 0.3) is 5.91 Å². The normalized spacial score (nSPS) is 14.7. The van der Waals surface area contributed by atoms with Gasteiger partial charge in [0.15, 0.2) is 11.8 Å². The molecule has 204 valence electrons. The number of aryl methyl sites for hydroxylation is 2. The van der Waals surface area contributed by atoms with Gasteiger partial charge in [0, 0.05) is 17.6 Å². The van der Waals surface area contributed by atoms with Crippen LogP contribution in [0.1, 0.15) is 61.0 Å². The lowest BCUT2D eigenvalue weighted by molar-refractivity contribution is -0.143. The van der Waals surface area contributed by atoms with Crippen LogP contribution in [-0.4, -0.2) is 43.0 Å². The van der Waals surface area contributed by atoms with Crippen molar-refractivity contribution in [3.63, 3.8) is 0 Å². The van der Waals surface area contributed by atoms with E-state index < -0.39 is 11.9 Å². The second kappa shape index (κ2) is 11.9. The fraction of sp³-hybridized carbons (Fsp3) is 0.393. The van der Waals surface area contributed by atoms with Crippen molar-refractivity contribution < 1.29 is 18.4 Å². The molecule has 0 aliphatic heterocycles. The molecule has 2 amide bonds.